The van der Waals surface area contributed by atoms with Gasteiger partial charge in [0.25, 0.3) is 0 Å². The van der Waals surface area contributed by atoms with Crippen molar-refractivity contribution >= 4 is 11.9 Å². The molecule has 2 fully saturated rings. The first-order chi connectivity index (χ1) is 17.2. The van der Waals surface area contributed by atoms with Crippen molar-refractivity contribution in [1.82, 2.24) is 20.0 Å². The molecule has 36 heavy (non-hydrogen) atoms. The van der Waals surface area contributed by atoms with Crippen LogP contribution in [0, 0.1) is 23.2 Å². The van der Waals surface area contributed by atoms with Crippen LogP contribution in [0.5, 0.6) is 0 Å². The zero-order chi connectivity index (χ0) is 26.1. The van der Waals surface area contributed by atoms with E-state index < -0.39 is 0 Å². The molecule has 1 aliphatic heterocycles. The van der Waals surface area contributed by atoms with Crippen LogP contribution in [-0.2, 0) is 4.79 Å². The molecule has 0 spiro atoms. The summed E-state index contributed by atoms with van der Waals surface area (Å²) in [6, 6.07) is 0.0921. The van der Waals surface area contributed by atoms with Gasteiger partial charge in [-0.2, -0.15) is 0 Å². The van der Waals surface area contributed by atoms with Crippen molar-refractivity contribution in [3.05, 3.63) is 11.6 Å². The number of nitrogens with zero attached hydrogens (tertiary/aromatic N) is 3. The number of nitrogens with one attached hydrogen (secondary N) is 1. The number of urea groups is 1. The molecular weight excluding hydrogens is 448 g/mol. The molecule has 1 saturated carbocycles. The Morgan fingerprint density at radius 1 is 1.08 bits per heavy atom. The van der Waals surface area contributed by atoms with Crippen LogP contribution in [0.1, 0.15) is 92.4 Å². The van der Waals surface area contributed by atoms with Crippen molar-refractivity contribution in [1.29, 1.82) is 0 Å². The SMILES string of the molecule is CCCCCCCCNC(=O)N(CCN1CCN(C(=O)CC(C)C)CC1)CC1=CCC2CC1C2(C)C. The fourth-order valence-corrected chi connectivity index (χ4v) is 6.30. The molecule has 2 unspecified atom stereocenters. The first kappa shape index (κ1) is 29.0. The Balaban J connectivity index is 1.48. The number of fused-ring (bicyclic) bond motifs is 1. The van der Waals surface area contributed by atoms with Gasteiger partial charge in [0.2, 0.25) is 5.91 Å². The van der Waals surface area contributed by atoms with Crippen LogP contribution < -0.4 is 5.32 Å². The third-order valence-electron chi connectivity index (χ3n) is 9.04. The van der Waals surface area contributed by atoms with E-state index in [1.54, 1.807) is 0 Å². The van der Waals surface area contributed by atoms with E-state index >= 15 is 0 Å². The Bertz CT molecular complexity index is 739. The molecule has 0 radical (unpaired) electrons. The Morgan fingerprint density at radius 2 is 1.78 bits per heavy atom. The number of rotatable bonds is 14. The number of carbonyl (C=O) groups is 2. The van der Waals surface area contributed by atoms with E-state index in [-0.39, 0.29) is 11.9 Å². The highest BCUT2D eigenvalue weighted by atomic mass is 16.2. The van der Waals surface area contributed by atoms with Crippen LogP contribution in [0.15, 0.2) is 11.6 Å². The lowest BCUT2D eigenvalue weighted by atomic mass is 9.49. The smallest absolute Gasteiger partial charge is 0.317 e. The number of carbonyl (C=O) groups excluding carboxylic acids is 2. The van der Waals surface area contributed by atoms with Gasteiger partial charge in [-0.3, -0.25) is 9.69 Å². The Labute approximate surface area is 221 Å². The van der Waals surface area contributed by atoms with Crippen LogP contribution >= 0.6 is 0 Å². The van der Waals surface area contributed by atoms with Crippen LogP contribution in [0.3, 0.4) is 0 Å². The van der Waals surface area contributed by atoms with E-state index in [1.165, 1.54) is 50.5 Å². The maximum absolute atomic E-state index is 13.3. The zero-order valence-corrected chi connectivity index (χ0v) is 24.0. The lowest BCUT2D eigenvalue weighted by Gasteiger charge is -2.57. The molecule has 6 nitrogen and oxygen atoms in total. The lowest BCUT2D eigenvalue weighted by Crippen LogP contribution is -2.53. The molecule has 1 heterocycles. The fraction of sp³-hybridized carbons (Fsp3) is 0.867. The van der Waals surface area contributed by atoms with Crippen LogP contribution in [0.2, 0.25) is 0 Å². The highest BCUT2D eigenvalue weighted by Gasteiger charge is 2.51. The van der Waals surface area contributed by atoms with E-state index in [4.69, 9.17) is 0 Å². The number of allylic oxidation sites excluding steroid dienone is 1. The zero-order valence-electron chi connectivity index (χ0n) is 24.0. The molecule has 0 aromatic heterocycles. The molecule has 4 rings (SSSR count). The predicted octanol–water partition coefficient (Wildman–Crippen LogP) is 5.54. The van der Waals surface area contributed by atoms with Crippen LogP contribution in [0.25, 0.3) is 0 Å². The van der Waals surface area contributed by atoms with E-state index in [1.807, 2.05) is 4.90 Å². The van der Waals surface area contributed by atoms with Gasteiger partial charge in [-0.15, -0.1) is 0 Å². The number of hydrogen-bond acceptors (Lipinski definition) is 3. The predicted molar refractivity (Wildman–Crippen MR) is 149 cm³/mol. The van der Waals surface area contributed by atoms with Gasteiger partial charge in [0, 0.05) is 58.8 Å². The second-order valence-corrected chi connectivity index (χ2v) is 12.6. The van der Waals surface area contributed by atoms with Gasteiger partial charge in [-0.25, -0.2) is 4.79 Å². The molecule has 0 aromatic carbocycles. The molecule has 3 aliphatic carbocycles. The topological polar surface area (TPSA) is 55.9 Å². The number of unbranched alkanes of at least 4 members (excludes halogenated alkanes) is 5. The van der Waals surface area contributed by atoms with Gasteiger partial charge in [0.05, 0.1) is 0 Å². The number of hydrogen-bond donors (Lipinski definition) is 1. The van der Waals surface area contributed by atoms with E-state index in [0.717, 1.165) is 64.7 Å². The lowest BCUT2D eigenvalue weighted by molar-refractivity contribution is -0.133. The van der Waals surface area contributed by atoms with Crippen molar-refractivity contribution in [2.75, 3.05) is 52.4 Å². The minimum atomic E-state index is 0.0921. The van der Waals surface area contributed by atoms with Gasteiger partial charge in [-0.05, 0) is 42.4 Å². The summed E-state index contributed by atoms with van der Waals surface area (Å²) < 4.78 is 0. The quantitative estimate of drug-likeness (QED) is 0.251. The molecule has 0 aromatic rings. The van der Waals surface area contributed by atoms with Crippen molar-refractivity contribution in [2.45, 2.75) is 92.4 Å². The average Bonchev–Trinajstić information content (AvgIpc) is 2.85. The minimum Gasteiger partial charge on any atom is -0.340 e. The minimum absolute atomic E-state index is 0.0921. The summed E-state index contributed by atoms with van der Waals surface area (Å²) in [6.45, 7) is 17.8. The molecular formula is C30H54N4O2. The van der Waals surface area contributed by atoms with Crippen LogP contribution in [0.4, 0.5) is 4.79 Å². The van der Waals surface area contributed by atoms with E-state index in [0.29, 0.717) is 23.7 Å². The molecule has 1 saturated heterocycles. The summed E-state index contributed by atoms with van der Waals surface area (Å²) in [5.41, 5.74) is 1.85. The van der Waals surface area contributed by atoms with Gasteiger partial charge in [-0.1, -0.05) is 78.4 Å². The summed E-state index contributed by atoms with van der Waals surface area (Å²) in [7, 11) is 0. The van der Waals surface area contributed by atoms with Gasteiger partial charge < -0.3 is 15.1 Å². The summed E-state index contributed by atoms with van der Waals surface area (Å²) >= 11 is 0. The summed E-state index contributed by atoms with van der Waals surface area (Å²) in [6.07, 6.45) is 12.9. The van der Waals surface area contributed by atoms with Crippen molar-refractivity contribution in [3.8, 4) is 0 Å². The van der Waals surface area contributed by atoms with Gasteiger partial charge in [0.15, 0.2) is 0 Å². The average molecular weight is 503 g/mol. The molecule has 3 amide bonds. The molecule has 4 aliphatic rings. The normalized spacial score (nSPS) is 23.3. The molecule has 6 heteroatoms. The molecule has 2 atom stereocenters. The third-order valence-corrected chi connectivity index (χ3v) is 9.04. The second kappa shape index (κ2) is 13.8. The Morgan fingerprint density at radius 3 is 2.42 bits per heavy atom. The van der Waals surface area contributed by atoms with Crippen molar-refractivity contribution in [3.63, 3.8) is 0 Å². The number of amides is 3. The summed E-state index contributed by atoms with van der Waals surface area (Å²) in [5.74, 6) is 2.13. The summed E-state index contributed by atoms with van der Waals surface area (Å²) in [4.78, 5) is 32.2. The monoisotopic (exact) mass is 502 g/mol. The van der Waals surface area contributed by atoms with E-state index in [2.05, 4.69) is 55.8 Å². The first-order valence-electron chi connectivity index (χ1n) is 14.9. The summed E-state index contributed by atoms with van der Waals surface area (Å²) in [5, 5.41) is 3.23. The van der Waals surface area contributed by atoms with Crippen molar-refractivity contribution < 1.29 is 9.59 Å². The first-order valence-corrected chi connectivity index (χ1v) is 14.9. The van der Waals surface area contributed by atoms with Crippen LogP contribution in [-0.4, -0.2) is 79.0 Å². The Kier molecular flexibility index (Phi) is 11.1. The van der Waals surface area contributed by atoms with E-state index in [9.17, 15) is 9.59 Å². The number of piperazine rings is 1. The standard InChI is InChI=1S/C30H54N4O2/c1-6-7-8-9-10-11-14-31-29(36)34(23-25-12-13-26-22-27(25)30(26,4)5)20-17-32-15-18-33(19-16-32)28(35)21-24(2)3/h12,24,26-27H,6-11,13-23H2,1-5H3,(H,31,36). The second-order valence-electron chi connectivity index (χ2n) is 12.6. The molecule has 1 N–H and O–H groups in total. The largest absolute Gasteiger partial charge is 0.340 e. The maximum atomic E-state index is 13.3. The highest BCUT2D eigenvalue weighted by Crippen LogP contribution is 2.59. The van der Waals surface area contributed by atoms with Crippen molar-refractivity contribution in [2.24, 2.45) is 23.2 Å². The molecule has 206 valence electrons. The molecule has 2 bridgehead atoms. The fourth-order valence-electron chi connectivity index (χ4n) is 6.30. The van der Waals surface area contributed by atoms with Gasteiger partial charge >= 0.3 is 6.03 Å². The third kappa shape index (κ3) is 7.97. The highest BCUT2D eigenvalue weighted by molar-refractivity contribution is 5.76. The maximum Gasteiger partial charge on any atom is 0.317 e. The van der Waals surface area contributed by atoms with Gasteiger partial charge in [0.1, 0.15) is 0 Å². The Hall–Kier alpha value is -1.56.